The summed E-state index contributed by atoms with van der Waals surface area (Å²) >= 11 is 0. The predicted octanol–water partition coefficient (Wildman–Crippen LogP) is 1.21. The Hall–Kier alpha value is -0.160. The normalized spacial score (nSPS) is 36.7. The van der Waals surface area contributed by atoms with E-state index >= 15 is 0 Å². The van der Waals surface area contributed by atoms with Gasteiger partial charge in [0, 0.05) is 32.1 Å². The van der Waals surface area contributed by atoms with Crippen molar-refractivity contribution in [1.82, 2.24) is 10.2 Å². The third kappa shape index (κ3) is 3.05. The van der Waals surface area contributed by atoms with Crippen molar-refractivity contribution in [3.05, 3.63) is 0 Å². The molecule has 3 fully saturated rings. The van der Waals surface area contributed by atoms with E-state index in [1.807, 2.05) is 0 Å². The molecule has 104 valence electrons. The predicted molar refractivity (Wildman–Crippen MR) is 70.5 cm³/mol. The first-order valence-corrected chi connectivity index (χ1v) is 7.61. The smallest absolute Gasteiger partial charge is 0.160 e. The van der Waals surface area contributed by atoms with Crippen molar-refractivity contribution in [3.8, 4) is 0 Å². The van der Waals surface area contributed by atoms with Gasteiger partial charge in [0.1, 0.15) is 0 Å². The zero-order valence-electron chi connectivity index (χ0n) is 11.3. The molecule has 0 aromatic heterocycles. The Labute approximate surface area is 110 Å². The molecular formula is C14H26N2O2. The quantitative estimate of drug-likeness (QED) is 0.803. The molecule has 0 unspecified atom stereocenters. The second-order valence-electron chi connectivity index (χ2n) is 5.87. The van der Waals surface area contributed by atoms with Gasteiger partial charge in [0.05, 0.1) is 19.3 Å². The van der Waals surface area contributed by atoms with Crippen molar-refractivity contribution in [1.29, 1.82) is 0 Å². The molecule has 3 aliphatic rings. The molecule has 0 aromatic carbocycles. The van der Waals surface area contributed by atoms with Gasteiger partial charge in [-0.05, 0) is 12.8 Å². The molecule has 2 saturated heterocycles. The van der Waals surface area contributed by atoms with Crippen LogP contribution >= 0.6 is 0 Å². The van der Waals surface area contributed by atoms with Crippen LogP contribution in [0.5, 0.6) is 0 Å². The number of nitrogens with one attached hydrogen (secondary N) is 1. The van der Waals surface area contributed by atoms with Crippen molar-refractivity contribution in [2.24, 2.45) is 5.92 Å². The molecule has 0 spiro atoms. The van der Waals surface area contributed by atoms with Gasteiger partial charge in [0.2, 0.25) is 0 Å². The third-order valence-corrected chi connectivity index (χ3v) is 4.61. The second kappa shape index (κ2) is 6.33. The summed E-state index contributed by atoms with van der Waals surface area (Å²) in [4.78, 5) is 2.51. The number of hydrogen-bond donors (Lipinski definition) is 1. The summed E-state index contributed by atoms with van der Waals surface area (Å²) < 4.78 is 12.0. The van der Waals surface area contributed by atoms with Gasteiger partial charge >= 0.3 is 0 Å². The first-order valence-electron chi connectivity index (χ1n) is 7.61. The summed E-state index contributed by atoms with van der Waals surface area (Å²) in [6.45, 7) is 6.18. The van der Waals surface area contributed by atoms with Crippen LogP contribution in [0.25, 0.3) is 0 Å². The first-order chi connectivity index (χ1) is 8.93. The molecule has 0 atom stereocenters. The zero-order chi connectivity index (χ0) is 12.2. The number of piperazine rings is 1. The largest absolute Gasteiger partial charge is 0.351 e. The summed E-state index contributed by atoms with van der Waals surface area (Å²) in [5, 5.41) is 3.39. The van der Waals surface area contributed by atoms with Crippen molar-refractivity contribution in [2.45, 2.75) is 44.4 Å². The molecule has 0 amide bonds. The highest BCUT2D eigenvalue weighted by molar-refractivity contribution is 4.80. The Bertz CT molecular complexity index is 216. The van der Waals surface area contributed by atoms with E-state index in [1.165, 1.54) is 32.1 Å². The number of ether oxygens (including phenoxy) is 2. The number of rotatable bonds is 2. The molecule has 18 heavy (non-hydrogen) atoms. The van der Waals surface area contributed by atoms with E-state index in [-0.39, 0.29) is 6.29 Å². The van der Waals surface area contributed by atoms with Crippen LogP contribution in [0.4, 0.5) is 0 Å². The van der Waals surface area contributed by atoms with Gasteiger partial charge in [-0.3, -0.25) is 4.90 Å². The second-order valence-corrected chi connectivity index (χ2v) is 5.87. The fraction of sp³-hybridized carbons (Fsp3) is 1.00. The van der Waals surface area contributed by atoms with Gasteiger partial charge < -0.3 is 14.8 Å². The maximum Gasteiger partial charge on any atom is 0.160 e. The Morgan fingerprint density at radius 3 is 2.22 bits per heavy atom. The van der Waals surface area contributed by atoms with Gasteiger partial charge in [-0.2, -0.15) is 0 Å². The highest BCUT2D eigenvalue weighted by Gasteiger charge is 2.32. The van der Waals surface area contributed by atoms with Crippen LogP contribution in [0, 0.1) is 5.92 Å². The lowest BCUT2D eigenvalue weighted by molar-refractivity contribution is -0.231. The molecule has 2 aliphatic heterocycles. The first kappa shape index (κ1) is 12.9. The molecule has 0 radical (unpaired) electrons. The van der Waals surface area contributed by atoms with Crippen LogP contribution in [0.1, 0.15) is 32.1 Å². The molecule has 4 nitrogen and oxygen atoms in total. The molecule has 0 bridgehead atoms. The van der Waals surface area contributed by atoms with E-state index in [0.29, 0.717) is 12.0 Å². The van der Waals surface area contributed by atoms with E-state index in [9.17, 15) is 0 Å². The van der Waals surface area contributed by atoms with Crippen molar-refractivity contribution in [2.75, 3.05) is 39.4 Å². The number of nitrogens with zero attached hydrogens (tertiary/aromatic N) is 1. The van der Waals surface area contributed by atoms with Crippen LogP contribution in [0.15, 0.2) is 0 Å². The van der Waals surface area contributed by atoms with Gasteiger partial charge in [0.15, 0.2) is 6.29 Å². The molecule has 4 heteroatoms. The maximum atomic E-state index is 6.00. The molecular weight excluding hydrogens is 228 g/mol. The van der Waals surface area contributed by atoms with Crippen molar-refractivity contribution in [3.63, 3.8) is 0 Å². The summed E-state index contributed by atoms with van der Waals surface area (Å²) in [7, 11) is 0. The fourth-order valence-electron chi connectivity index (χ4n) is 3.44. The van der Waals surface area contributed by atoms with Crippen LogP contribution in [0.2, 0.25) is 0 Å². The van der Waals surface area contributed by atoms with E-state index in [4.69, 9.17) is 9.47 Å². The summed E-state index contributed by atoms with van der Waals surface area (Å²) in [6, 6.07) is 0.479. The SMILES string of the molecule is C1CCC(C2OCC(N3CCNCC3)CO2)CC1. The average molecular weight is 254 g/mol. The molecule has 1 N–H and O–H groups in total. The van der Waals surface area contributed by atoms with E-state index in [2.05, 4.69) is 10.2 Å². The van der Waals surface area contributed by atoms with Gasteiger partial charge in [-0.25, -0.2) is 0 Å². The van der Waals surface area contributed by atoms with Gasteiger partial charge in [0.25, 0.3) is 0 Å². The molecule has 1 saturated carbocycles. The topological polar surface area (TPSA) is 33.7 Å². The molecule has 2 heterocycles. The van der Waals surface area contributed by atoms with Crippen LogP contribution in [0.3, 0.4) is 0 Å². The van der Waals surface area contributed by atoms with E-state index in [1.54, 1.807) is 0 Å². The Kier molecular flexibility index (Phi) is 4.52. The molecule has 1 aliphatic carbocycles. The molecule has 3 rings (SSSR count). The highest BCUT2D eigenvalue weighted by atomic mass is 16.7. The third-order valence-electron chi connectivity index (χ3n) is 4.61. The Morgan fingerprint density at radius 1 is 0.889 bits per heavy atom. The minimum Gasteiger partial charge on any atom is -0.351 e. The van der Waals surface area contributed by atoms with Crippen LogP contribution in [-0.2, 0) is 9.47 Å². The van der Waals surface area contributed by atoms with Gasteiger partial charge in [-0.1, -0.05) is 19.3 Å². The fourth-order valence-corrected chi connectivity index (χ4v) is 3.44. The zero-order valence-corrected chi connectivity index (χ0v) is 11.3. The summed E-state index contributed by atoms with van der Waals surface area (Å²) in [5.74, 6) is 0.655. The van der Waals surface area contributed by atoms with Gasteiger partial charge in [-0.15, -0.1) is 0 Å². The minimum atomic E-state index is 0.0875. The number of hydrogen-bond acceptors (Lipinski definition) is 4. The van der Waals surface area contributed by atoms with E-state index < -0.39 is 0 Å². The van der Waals surface area contributed by atoms with Crippen molar-refractivity contribution >= 4 is 0 Å². The van der Waals surface area contributed by atoms with Crippen molar-refractivity contribution < 1.29 is 9.47 Å². The maximum absolute atomic E-state index is 6.00. The summed E-state index contributed by atoms with van der Waals surface area (Å²) in [5.41, 5.74) is 0. The minimum absolute atomic E-state index is 0.0875. The molecule has 0 aromatic rings. The standard InChI is InChI=1S/C14H26N2O2/c1-2-4-12(5-3-1)14-17-10-13(11-18-14)16-8-6-15-7-9-16/h12-15H,1-11H2. The Morgan fingerprint density at radius 2 is 1.56 bits per heavy atom. The lowest BCUT2D eigenvalue weighted by Gasteiger charge is -2.41. The van der Waals surface area contributed by atoms with Crippen LogP contribution < -0.4 is 5.32 Å². The highest BCUT2D eigenvalue weighted by Crippen LogP contribution is 2.30. The monoisotopic (exact) mass is 254 g/mol. The Balaban J connectivity index is 1.45. The van der Waals surface area contributed by atoms with E-state index in [0.717, 1.165) is 39.4 Å². The average Bonchev–Trinajstić information content (AvgIpc) is 2.49. The van der Waals surface area contributed by atoms with Crippen LogP contribution in [-0.4, -0.2) is 56.6 Å². The summed E-state index contributed by atoms with van der Waals surface area (Å²) in [6.07, 6.45) is 6.78. The lowest BCUT2D eigenvalue weighted by Crippen LogP contribution is -2.54. The lowest BCUT2D eigenvalue weighted by atomic mass is 9.88.